The summed E-state index contributed by atoms with van der Waals surface area (Å²) in [6.07, 6.45) is 0.109. The number of esters is 2. The molecule has 0 radical (unpaired) electrons. The predicted molar refractivity (Wildman–Crippen MR) is 69.8 cm³/mol. The Morgan fingerprint density at radius 1 is 1.17 bits per heavy atom. The van der Waals surface area contributed by atoms with Gasteiger partial charge in [0.25, 0.3) is 0 Å². The van der Waals surface area contributed by atoms with E-state index in [2.05, 4.69) is 15.9 Å². The van der Waals surface area contributed by atoms with Gasteiger partial charge in [-0.3, -0.25) is 9.59 Å². The first-order valence-corrected chi connectivity index (χ1v) is 6.46. The Kier molecular flexibility index (Phi) is 6.43. The summed E-state index contributed by atoms with van der Waals surface area (Å²) in [5.41, 5.74) is 0.897. The molecular weight excluding hydrogens is 300 g/mol. The van der Waals surface area contributed by atoms with Crippen LogP contribution in [0.4, 0.5) is 0 Å². The molecule has 0 aliphatic carbocycles. The van der Waals surface area contributed by atoms with Crippen LogP contribution in [0, 0.1) is 0 Å². The van der Waals surface area contributed by atoms with Crippen molar-refractivity contribution in [3.8, 4) is 0 Å². The quantitative estimate of drug-likeness (QED) is 0.758. The van der Waals surface area contributed by atoms with E-state index in [4.69, 9.17) is 9.47 Å². The Hall–Kier alpha value is -1.36. The van der Waals surface area contributed by atoms with Crippen LogP contribution in [0.25, 0.3) is 0 Å². The van der Waals surface area contributed by atoms with Crippen LogP contribution in [0.3, 0.4) is 0 Å². The van der Waals surface area contributed by atoms with Gasteiger partial charge in [0.2, 0.25) is 0 Å². The van der Waals surface area contributed by atoms with Crippen molar-refractivity contribution in [1.29, 1.82) is 0 Å². The number of rotatable bonds is 6. The van der Waals surface area contributed by atoms with Crippen LogP contribution in [0.2, 0.25) is 0 Å². The molecule has 98 valence electrons. The van der Waals surface area contributed by atoms with Crippen molar-refractivity contribution in [1.82, 2.24) is 0 Å². The first-order valence-electron chi connectivity index (χ1n) is 5.67. The summed E-state index contributed by atoms with van der Waals surface area (Å²) in [6.45, 7) is 2.26. The second-order valence-electron chi connectivity index (χ2n) is 3.60. The second kappa shape index (κ2) is 7.87. The fourth-order valence-corrected chi connectivity index (χ4v) is 1.75. The van der Waals surface area contributed by atoms with Gasteiger partial charge in [-0.25, -0.2) is 0 Å². The summed E-state index contributed by atoms with van der Waals surface area (Å²) in [5.74, 6) is -0.778. The summed E-state index contributed by atoms with van der Waals surface area (Å²) in [7, 11) is 0. The monoisotopic (exact) mass is 314 g/mol. The molecule has 0 unspecified atom stereocenters. The molecule has 0 fully saturated rings. The standard InChI is InChI=1S/C13H15BrO4/c1-2-17-12(15)6-7-13(16)18-9-10-4-3-5-11(14)8-10/h3-5,8H,2,6-7,9H2,1H3. The smallest absolute Gasteiger partial charge is 0.306 e. The van der Waals surface area contributed by atoms with Crippen molar-refractivity contribution in [3.05, 3.63) is 34.3 Å². The molecule has 1 aromatic carbocycles. The fourth-order valence-electron chi connectivity index (χ4n) is 1.30. The normalized spacial score (nSPS) is 9.89. The van der Waals surface area contributed by atoms with Crippen LogP contribution in [0.5, 0.6) is 0 Å². The zero-order valence-electron chi connectivity index (χ0n) is 10.1. The van der Waals surface area contributed by atoms with Gasteiger partial charge in [-0.1, -0.05) is 28.1 Å². The number of hydrogen-bond donors (Lipinski definition) is 0. The fraction of sp³-hybridized carbons (Fsp3) is 0.385. The molecular formula is C13H15BrO4. The van der Waals surface area contributed by atoms with E-state index < -0.39 is 5.97 Å². The Morgan fingerprint density at radius 3 is 2.44 bits per heavy atom. The Morgan fingerprint density at radius 2 is 1.83 bits per heavy atom. The van der Waals surface area contributed by atoms with Crippen LogP contribution >= 0.6 is 15.9 Å². The number of benzene rings is 1. The molecule has 0 saturated heterocycles. The topological polar surface area (TPSA) is 52.6 Å². The van der Waals surface area contributed by atoms with E-state index in [-0.39, 0.29) is 25.4 Å². The van der Waals surface area contributed by atoms with Gasteiger partial charge in [0.1, 0.15) is 6.61 Å². The van der Waals surface area contributed by atoms with Gasteiger partial charge in [-0.05, 0) is 24.6 Å². The molecule has 0 N–H and O–H groups in total. The summed E-state index contributed by atoms with van der Waals surface area (Å²) in [6, 6.07) is 7.50. The maximum absolute atomic E-state index is 11.4. The van der Waals surface area contributed by atoms with Gasteiger partial charge in [-0.15, -0.1) is 0 Å². The summed E-state index contributed by atoms with van der Waals surface area (Å²) in [4.78, 5) is 22.4. The van der Waals surface area contributed by atoms with Gasteiger partial charge in [-0.2, -0.15) is 0 Å². The molecule has 1 aromatic rings. The molecule has 0 aromatic heterocycles. The third-order valence-electron chi connectivity index (χ3n) is 2.13. The van der Waals surface area contributed by atoms with Gasteiger partial charge in [0.05, 0.1) is 19.4 Å². The highest BCUT2D eigenvalue weighted by atomic mass is 79.9. The molecule has 0 heterocycles. The van der Waals surface area contributed by atoms with Crippen LogP contribution < -0.4 is 0 Å². The lowest BCUT2D eigenvalue weighted by atomic mass is 10.2. The van der Waals surface area contributed by atoms with E-state index >= 15 is 0 Å². The maximum Gasteiger partial charge on any atom is 0.306 e. The molecule has 0 aliphatic heterocycles. The molecule has 0 atom stereocenters. The van der Waals surface area contributed by atoms with Crippen LogP contribution in [0.1, 0.15) is 25.3 Å². The van der Waals surface area contributed by atoms with Gasteiger partial charge in [0, 0.05) is 4.47 Å². The van der Waals surface area contributed by atoms with Crippen molar-refractivity contribution in [2.75, 3.05) is 6.61 Å². The minimum Gasteiger partial charge on any atom is -0.466 e. The number of halogens is 1. The van der Waals surface area contributed by atoms with Crippen molar-refractivity contribution < 1.29 is 19.1 Å². The van der Waals surface area contributed by atoms with Crippen molar-refractivity contribution >= 4 is 27.9 Å². The zero-order valence-corrected chi connectivity index (χ0v) is 11.7. The summed E-state index contributed by atoms with van der Waals surface area (Å²) >= 11 is 3.33. The average molecular weight is 315 g/mol. The van der Waals surface area contributed by atoms with Crippen molar-refractivity contribution in [2.45, 2.75) is 26.4 Å². The molecule has 1 rings (SSSR count). The predicted octanol–water partition coefficient (Wildman–Crippen LogP) is 2.84. The van der Waals surface area contributed by atoms with Crippen LogP contribution in [-0.2, 0) is 25.7 Å². The lowest BCUT2D eigenvalue weighted by Crippen LogP contribution is -2.10. The Labute approximate surface area is 114 Å². The van der Waals surface area contributed by atoms with E-state index in [1.165, 1.54) is 0 Å². The van der Waals surface area contributed by atoms with E-state index in [9.17, 15) is 9.59 Å². The van der Waals surface area contributed by atoms with E-state index in [0.717, 1.165) is 10.0 Å². The minimum atomic E-state index is -0.400. The molecule has 0 spiro atoms. The Bertz CT molecular complexity index is 417. The van der Waals surface area contributed by atoms with Crippen molar-refractivity contribution in [3.63, 3.8) is 0 Å². The maximum atomic E-state index is 11.4. The van der Waals surface area contributed by atoms with Crippen LogP contribution in [-0.4, -0.2) is 18.5 Å². The van der Waals surface area contributed by atoms with Crippen molar-refractivity contribution in [2.24, 2.45) is 0 Å². The first kappa shape index (κ1) is 14.7. The van der Waals surface area contributed by atoms with Gasteiger partial charge >= 0.3 is 11.9 Å². The number of carbonyl (C=O) groups excluding carboxylic acids is 2. The number of hydrogen-bond acceptors (Lipinski definition) is 4. The minimum absolute atomic E-state index is 0.0484. The second-order valence-corrected chi connectivity index (χ2v) is 4.51. The molecule has 0 amide bonds. The average Bonchev–Trinajstić information content (AvgIpc) is 2.34. The SMILES string of the molecule is CCOC(=O)CCC(=O)OCc1cccc(Br)c1. The molecule has 0 aliphatic rings. The van der Waals surface area contributed by atoms with Gasteiger partial charge < -0.3 is 9.47 Å². The highest BCUT2D eigenvalue weighted by Gasteiger charge is 2.08. The highest BCUT2D eigenvalue weighted by molar-refractivity contribution is 9.10. The highest BCUT2D eigenvalue weighted by Crippen LogP contribution is 2.12. The van der Waals surface area contributed by atoms with E-state index in [1.54, 1.807) is 6.92 Å². The Balaban J connectivity index is 2.27. The number of carbonyl (C=O) groups is 2. The molecule has 0 bridgehead atoms. The van der Waals surface area contributed by atoms with Gasteiger partial charge in [0.15, 0.2) is 0 Å². The molecule has 18 heavy (non-hydrogen) atoms. The lowest BCUT2D eigenvalue weighted by molar-refractivity contribution is -0.150. The largest absolute Gasteiger partial charge is 0.466 e. The third kappa shape index (κ3) is 5.82. The summed E-state index contributed by atoms with van der Waals surface area (Å²) < 4.78 is 10.7. The van der Waals surface area contributed by atoms with E-state index in [1.807, 2.05) is 24.3 Å². The third-order valence-corrected chi connectivity index (χ3v) is 2.62. The zero-order chi connectivity index (χ0) is 13.4. The van der Waals surface area contributed by atoms with E-state index in [0.29, 0.717) is 6.61 Å². The molecule has 5 heteroatoms. The molecule has 4 nitrogen and oxygen atoms in total. The lowest BCUT2D eigenvalue weighted by Gasteiger charge is -2.05. The molecule has 0 saturated carbocycles. The first-order chi connectivity index (χ1) is 8.61. The van der Waals surface area contributed by atoms with Crippen LogP contribution in [0.15, 0.2) is 28.7 Å². The number of ether oxygens (including phenoxy) is 2. The summed E-state index contributed by atoms with van der Waals surface area (Å²) in [5, 5.41) is 0.